The van der Waals surface area contributed by atoms with Gasteiger partial charge in [0, 0.05) is 23.7 Å². The molecule has 1 aromatic carbocycles. The molecule has 1 aromatic rings. The van der Waals surface area contributed by atoms with Crippen LogP contribution in [0.3, 0.4) is 0 Å². The predicted molar refractivity (Wildman–Crippen MR) is 89.2 cm³/mol. The van der Waals surface area contributed by atoms with Gasteiger partial charge in [0.25, 0.3) is 0 Å². The molecular weight excluding hydrogens is 268 g/mol. The molecule has 2 unspecified atom stereocenters. The summed E-state index contributed by atoms with van der Waals surface area (Å²) in [5.74, 6) is 0. The van der Waals surface area contributed by atoms with Gasteiger partial charge in [0.15, 0.2) is 0 Å². The van der Waals surface area contributed by atoms with Crippen LogP contribution in [0.2, 0.25) is 5.02 Å². The fourth-order valence-electron chi connectivity index (χ4n) is 2.41. The van der Waals surface area contributed by atoms with Crippen molar-refractivity contribution in [1.82, 2.24) is 4.90 Å². The number of hydrogen-bond donors (Lipinski definition) is 1. The lowest BCUT2D eigenvalue weighted by Gasteiger charge is -2.29. The molecule has 2 nitrogen and oxygen atoms in total. The van der Waals surface area contributed by atoms with E-state index < -0.39 is 0 Å². The maximum atomic E-state index is 6.30. The summed E-state index contributed by atoms with van der Waals surface area (Å²) < 4.78 is 0. The molecule has 114 valence electrons. The van der Waals surface area contributed by atoms with Gasteiger partial charge in [-0.2, -0.15) is 0 Å². The lowest BCUT2D eigenvalue weighted by Crippen LogP contribution is -2.35. The molecule has 0 radical (unpaired) electrons. The standard InChI is InChI=1S/C17H29ClN2/c1-4-6-12-20(14(3)5-2)13-11-17(19)15-9-7-8-10-16(15)18/h7-10,14,17H,4-6,11-13,19H2,1-3H3. The molecular formula is C17H29ClN2. The zero-order valence-corrected chi connectivity index (χ0v) is 13.9. The van der Waals surface area contributed by atoms with E-state index in [2.05, 4.69) is 25.7 Å². The molecule has 0 saturated heterocycles. The lowest BCUT2D eigenvalue weighted by molar-refractivity contribution is 0.194. The second kappa shape index (κ2) is 9.38. The van der Waals surface area contributed by atoms with Crippen LogP contribution < -0.4 is 5.73 Å². The number of halogens is 1. The quantitative estimate of drug-likeness (QED) is 0.720. The average Bonchev–Trinajstić information content (AvgIpc) is 2.46. The van der Waals surface area contributed by atoms with Gasteiger partial charge in [0.2, 0.25) is 0 Å². The van der Waals surface area contributed by atoms with Crippen LogP contribution in [0.4, 0.5) is 0 Å². The molecule has 0 aliphatic rings. The number of nitrogens with two attached hydrogens (primary N) is 1. The first-order chi connectivity index (χ1) is 9.60. The Labute approximate surface area is 129 Å². The molecule has 0 aliphatic carbocycles. The van der Waals surface area contributed by atoms with Gasteiger partial charge >= 0.3 is 0 Å². The van der Waals surface area contributed by atoms with Crippen molar-refractivity contribution in [1.29, 1.82) is 0 Å². The molecule has 0 saturated carbocycles. The minimum Gasteiger partial charge on any atom is -0.324 e. The summed E-state index contributed by atoms with van der Waals surface area (Å²) >= 11 is 6.21. The Bertz CT molecular complexity index is 381. The molecule has 2 N–H and O–H groups in total. The molecule has 3 heteroatoms. The van der Waals surface area contributed by atoms with E-state index in [9.17, 15) is 0 Å². The van der Waals surface area contributed by atoms with Gasteiger partial charge < -0.3 is 10.6 Å². The third-order valence-electron chi connectivity index (χ3n) is 4.05. The van der Waals surface area contributed by atoms with Gasteiger partial charge in [-0.15, -0.1) is 0 Å². The molecule has 0 aromatic heterocycles. The Kier molecular flexibility index (Phi) is 8.20. The van der Waals surface area contributed by atoms with E-state index in [1.165, 1.54) is 25.8 Å². The average molecular weight is 297 g/mol. The van der Waals surface area contributed by atoms with Crippen LogP contribution in [-0.2, 0) is 0 Å². The van der Waals surface area contributed by atoms with Gasteiger partial charge in [0.1, 0.15) is 0 Å². The van der Waals surface area contributed by atoms with Crippen LogP contribution in [0.25, 0.3) is 0 Å². The van der Waals surface area contributed by atoms with Gasteiger partial charge in [-0.3, -0.25) is 0 Å². The van der Waals surface area contributed by atoms with Crippen molar-refractivity contribution >= 4 is 11.6 Å². The molecule has 0 amide bonds. The zero-order valence-electron chi connectivity index (χ0n) is 13.1. The number of rotatable bonds is 9. The van der Waals surface area contributed by atoms with Crippen molar-refractivity contribution in [2.75, 3.05) is 13.1 Å². The Morgan fingerprint density at radius 1 is 1.20 bits per heavy atom. The summed E-state index contributed by atoms with van der Waals surface area (Å²) in [6, 6.07) is 8.56. The summed E-state index contributed by atoms with van der Waals surface area (Å²) in [5, 5.41) is 0.781. The first-order valence-electron chi connectivity index (χ1n) is 7.84. The SMILES string of the molecule is CCCCN(CCC(N)c1ccccc1Cl)C(C)CC. The van der Waals surface area contributed by atoms with Crippen molar-refractivity contribution in [2.24, 2.45) is 5.73 Å². The fraction of sp³-hybridized carbons (Fsp3) is 0.647. The highest BCUT2D eigenvalue weighted by atomic mass is 35.5. The van der Waals surface area contributed by atoms with Crippen molar-refractivity contribution in [3.63, 3.8) is 0 Å². The van der Waals surface area contributed by atoms with E-state index >= 15 is 0 Å². The molecule has 1 rings (SSSR count). The van der Waals surface area contributed by atoms with Gasteiger partial charge in [-0.05, 0) is 44.4 Å². The lowest BCUT2D eigenvalue weighted by atomic mass is 10.0. The Hall–Kier alpha value is -0.570. The second-order valence-electron chi connectivity index (χ2n) is 5.56. The van der Waals surface area contributed by atoms with Crippen LogP contribution in [0.15, 0.2) is 24.3 Å². The van der Waals surface area contributed by atoms with Crippen LogP contribution >= 0.6 is 11.6 Å². The first-order valence-corrected chi connectivity index (χ1v) is 8.22. The van der Waals surface area contributed by atoms with Gasteiger partial charge in [0.05, 0.1) is 0 Å². The van der Waals surface area contributed by atoms with Crippen LogP contribution in [-0.4, -0.2) is 24.0 Å². The summed E-state index contributed by atoms with van der Waals surface area (Å²) in [6.07, 6.45) is 4.64. The van der Waals surface area contributed by atoms with E-state index in [0.29, 0.717) is 6.04 Å². The Morgan fingerprint density at radius 2 is 1.90 bits per heavy atom. The molecule has 0 heterocycles. The predicted octanol–water partition coefficient (Wildman–Crippen LogP) is 4.63. The molecule has 0 spiro atoms. The van der Waals surface area contributed by atoms with E-state index in [1.807, 2.05) is 24.3 Å². The summed E-state index contributed by atoms with van der Waals surface area (Å²) in [6.45, 7) is 9.00. The maximum absolute atomic E-state index is 6.30. The summed E-state index contributed by atoms with van der Waals surface area (Å²) in [7, 11) is 0. The molecule has 2 atom stereocenters. The van der Waals surface area contributed by atoms with Crippen LogP contribution in [0.1, 0.15) is 58.1 Å². The largest absolute Gasteiger partial charge is 0.324 e. The topological polar surface area (TPSA) is 29.3 Å². The minimum absolute atomic E-state index is 0.0249. The van der Waals surface area contributed by atoms with Crippen molar-refractivity contribution in [2.45, 2.75) is 58.5 Å². The highest BCUT2D eigenvalue weighted by molar-refractivity contribution is 6.31. The number of benzene rings is 1. The monoisotopic (exact) mass is 296 g/mol. The number of nitrogens with zero attached hydrogens (tertiary/aromatic N) is 1. The third-order valence-corrected chi connectivity index (χ3v) is 4.39. The molecule has 0 aliphatic heterocycles. The summed E-state index contributed by atoms with van der Waals surface area (Å²) in [4.78, 5) is 2.56. The number of unbranched alkanes of at least 4 members (excludes halogenated alkanes) is 1. The Morgan fingerprint density at radius 3 is 2.50 bits per heavy atom. The van der Waals surface area contributed by atoms with Crippen molar-refractivity contribution in [3.05, 3.63) is 34.9 Å². The smallest absolute Gasteiger partial charge is 0.0453 e. The van der Waals surface area contributed by atoms with E-state index in [-0.39, 0.29) is 6.04 Å². The van der Waals surface area contributed by atoms with E-state index in [4.69, 9.17) is 17.3 Å². The fourth-order valence-corrected chi connectivity index (χ4v) is 2.68. The first kappa shape index (κ1) is 17.5. The van der Waals surface area contributed by atoms with Gasteiger partial charge in [-0.1, -0.05) is 50.1 Å². The van der Waals surface area contributed by atoms with Crippen LogP contribution in [0.5, 0.6) is 0 Å². The van der Waals surface area contributed by atoms with E-state index in [1.54, 1.807) is 0 Å². The molecule has 0 bridgehead atoms. The van der Waals surface area contributed by atoms with E-state index in [0.717, 1.165) is 23.6 Å². The van der Waals surface area contributed by atoms with Crippen molar-refractivity contribution < 1.29 is 0 Å². The van der Waals surface area contributed by atoms with Crippen LogP contribution in [0, 0.1) is 0 Å². The van der Waals surface area contributed by atoms with Gasteiger partial charge in [-0.25, -0.2) is 0 Å². The normalized spacial score (nSPS) is 14.5. The molecule has 0 fully saturated rings. The summed E-state index contributed by atoms with van der Waals surface area (Å²) in [5.41, 5.74) is 7.37. The second-order valence-corrected chi connectivity index (χ2v) is 5.97. The maximum Gasteiger partial charge on any atom is 0.0453 e. The minimum atomic E-state index is 0.0249. The molecule has 20 heavy (non-hydrogen) atoms. The highest BCUT2D eigenvalue weighted by Crippen LogP contribution is 2.23. The highest BCUT2D eigenvalue weighted by Gasteiger charge is 2.15. The zero-order chi connectivity index (χ0) is 15.0. The number of hydrogen-bond acceptors (Lipinski definition) is 2. The Balaban J connectivity index is 2.55. The third kappa shape index (κ3) is 5.43. The van der Waals surface area contributed by atoms with Crippen molar-refractivity contribution in [3.8, 4) is 0 Å².